The molecule has 18 heavy (non-hydrogen) atoms. The van der Waals surface area contributed by atoms with Crippen molar-refractivity contribution in [2.45, 2.75) is 19.5 Å². The van der Waals surface area contributed by atoms with Crippen molar-refractivity contribution >= 4 is 15.9 Å². The minimum Gasteiger partial charge on any atom is -0.506 e. The number of phenols is 1. The number of hydrogen-bond acceptors (Lipinski definition) is 3. The van der Waals surface area contributed by atoms with Crippen LogP contribution in [-0.4, -0.2) is 10.1 Å². The molecule has 0 aliphatic carbocycles. The monoisotopic (exact) mass is 306 g/mol. The average Bonchev–Trinajstić information content (AvgIpc) is 2.41. The lowest BCUT2D eigenvalue weighted by Crippen LogP contribution is -2.18. The van der Waals surface area contributed by atoms with E-state index in [0.29, 0.717) is 12.3 Å². The highest BCUT2D eigenvalue weighted by molar-refractivity contribution is 9.10. The summed E-state index contributed by atoms with van der Waals surface area (Å²) in [4.78, 5) is 4.00. The minimum absolute atomic E-state index is 0.214. The third kappa shape index (κ3) is 3.09. The summed E-state index contributed by atoms with van der Waals surface area (Å²) in [7, 11) is 0. The van der Waals surface area contributed by atoms with E-state index in [2.05, 4.69) is 33.2 Å². The molecule has 0 saturated heterocycles. The van der Waals surface area contributed by atoms with Crippen LogP contribution in [-0.2, 0) is 6.54 Å². The van der Waals surface area contributed by atoms with Crippen LogP contribution in [0, 0.1) is 0 Å². The average molecular weight is 307 g/mol. The standard InChI is InChI=1S/C14H15BrN2O/c1-10(11-5-7-16-8-6-11)17-9-12-3-2-4-13(15)14(12)18/h2-8,10,17-18H,9H2,1H3. The molecule has 94 valence electrons. The Morgan fingerprint density at radius 2 is 2.00 bits per heavy atom. The quantitative estimate of drug-likeness (QED) is 0.910. The molecule has 0 radical (unpaired) electrons. The smallest absolute Gasteiger partial charge is 0.134 e. The molecule has 0 saturated carbocycles. The molecule has 4 heteroatoms. The van der Waals surface area contributed by atoms with Gasteiger partial charge >= 0.3 is 0 Å². The fourth-order valence-corrected chi connectivity index (χ4v) is 2.14. The van der Waals surface area contributed by atoms with Gasteiger partial charge in [-0.25, -0.2) is 0 Å². The van der Waals surface area contributed by atoms with Gasteiger partial charge in [-0.3, -0.25) is 4.98 Å². The normalized spacial score (nSPS) is 12.3. The van der Waals surface area contributed by atoms with E-state index in [-0.39, 0.29) is 6.04 Å². The molecule has 1 unspecified atom stereocenters. The first kappa shape index (κ1) is 13.1. The summed E-state index contributed by atoms with van der Waals surface area (Å²) in [6.45, 7) is 2.71. The zero-order chi connectivity index (χ0) is 13.0. The predicted octanol–water partition coefficient (Wildman–Crippen LogP) is 3.40. The molecule has 1 aromatic heterocycles. The van der Waals surface area contributed by atoms with Gasteiger partial charge in [0.2, 0.25) is 0 Å². The molecule has 1 heterocycles. The van der Waals surface area contributed by atoms with E-state index in [1.165, 1.54) is 5.56 Å². The van der Waals surface area contributed by atoms with Crippen LogP contribution in [0.15, 0.2) is 47.2 Å². The van der Waals surface area contributed by atoms with Crippen molar-refractivity contribution in [3.05, 3.63) is 58.3 Å². The minimum atomic E-state index is 0.214. The fraction of sp³-hybridized carbons (Fsp3) is 0.214. The van der Waals surface area contributed by atoms with Crippen LogP contribution in [0.4, 0.5) is 0 Å². The van der Waals surface area contributed by atoms with Gasteiger partial charge in [-0.15, -0.1) is 0 Å². The Bertz CT molecular complexity index is 516. The van der Waals surface area contributed by atoms with Crippen LogP contribution < -0.4 is 5.32 Å². The van der Waals surface area contributed by atoms with E-state index in [0.717, 1.165) is 10.0 Å². The maximum Gasteiger partial charge on any atom is 0.134 e. The molecule has 2 aromatic rings. The lowest BCUT2D eigenvalue weighted by Gasteiger charge is -2.15. The first-order chi connectivity index (χ1) is 8.68. The number of phenolic OH excluding ortho intramolecular Hbond substituents is 1. The molecular formula is C14H15BrN2O. The summed E-state index contributed by atoms with van der Waals surface area (Å²) in [5.74, 6) is 0.298. The maximum atomic E-state index is 9.88. The van der Waals surface area contributed by atoms with Crippen molar-refractivity contribution in [1.82, 2.24) is 10.3 Å². The Kier molecular flexibility index (Phi) is 4.33. The number of benzene rings is 1. The second-order valence-corrected chi connectivity index (χ2v) is 4.99. The summed E-state index contributed by atoms with van der Waals surface area (Å²) in [5.41, 5.74) is 2.06. The number of nitrogens with zero attached hydrogens (tertiary/aromatic N) is 1. The number of aromatic nitrogens is 1. The number of halogens is 1. The van der Waals surface area contributed by atoms with Crippen LogP contribution in [0.1, 0.15) is 24.1 Å². The maximum absolute atomic E-state index is 9.88. The van der Waals surface area contributed by atoms with Crippen LogP contribution >= 0.6 is 15.9 Å². The van der Waals surface area contributed by atoms with E-state index in [9.17, 15) is 5.11 Å². The van der Waals surface area contributed by atoms with Gasteiger partial charge in [0.1, 0.15) is 5.75 Å². The van der Waals surface area contributed by atoms with E-state index in [1.54, 1.807) is 12.4 Å². The summed E-state index contributed by atoms with van der Waals surface area (Å²) in [6.07, 6.45) is 3.56. The number of hydrogen-bond donors (Lipinski definition) is 2. The number of para-hydroxylation sites is 1. The largest absolute Gasteiger partial charge is 0.506 e. The van der Waals surface area contributed by atoms with Gasteiger partial charge in [-0.1, -0.05) is 12.1 Å². The molecule has 1 aromatic carbocycles. The number of rotatable bonds is 4. The zero-order valence-corrected chi connectivity index (χ0v) is 11.7. The third-order valence-electron chi connectivity index (χ3n) is 2.88. The van der Waals surface area contributed by atoms with Gasteiger partial charge in [-0.05, 0) is 46.6 Å². The summed E-state index contributed by atoms with van der Waals surface area (Å²) in [5, 5.41) is 13.3. The molecule has 3 nitrogen and oxygen atoms in total. The van der Waals surface area contributed by atoms with Crippen LogP contribution in [0.5, 0.6) is 5.75 Å². The van der Waals surface area contributed by atoms with Crippen molar-refractivity contribution in [2.24, 2.45) is 0 Å². The lowest BCUT2D eigenvalue weighted by molar-refractivity contribution is 0.457. The van der Waals surface area contributed by atoms with Crippen molar-refractivity contribution in [2.75, 3.05) is 0 Å². The van der Waals surface area contributed by atoms with E-state index in [4.69, 9.17) is 0 Å². The number of aromatic hydroxyl groups is 1. The Balaban J connectivity index is 2.02. The molecule has 0 aliphatic heterocycles. The van der Waals surface area contributed by atoms with Crippen molar-refractivity contribution in [3.8, 4) is 5.75 Å². The Morgan fingerprint density at radius 1 is 1.28 bits per heavy atom. The highest BCUT2D eigenvalue weighted by atomic mass is 79.9. The summed E-state index contributed by atoms with van der Waals surface area (Å²) >= 11 is 3.31. The Labute approximate surface area is 115 Å². The fourth-order valence-electron chi connectivity index (χ4n) is 1.74. The molecular weight excluding hydrogens is 292 g/mol. The Hall–Kier alpha value is -1.39. The first-order valence-electron chi connectivity index (χ1n) is 5.78. The van der Waals surface area contributed by atoms with E-state index < -0.39 is 0 Å². The van der Waals surface area contributed by atoms with E-state index >= 15 is 0 Å². The van der Waals surface area contributed by atoms with Crippen molar-refractivity contribution in [1.29, 1.82) is 0 Å². The molecule has 0 bridgehead atoms. The molecule has 2 rings (SSSR count). The Morgan fingerprint density at radius 3 is 2.72 bits per heavy atom. The summed E-state index contributed by atoms with van der Waals surface area (Å²) < 4.78 is 0.721. The number of nitrogens with one attached hydrogen (secondary N) is 1. The lowest BCUT2D eigenvalue weighted by atomic mass is 10.1. The van der Waals surface area contributed by atoms with Crippen LogP contribution in [0.2, 0.25) is 0 Å². The van der Waals surface area contributed by atoms with Gasteiger partial charge < -0.3 is 10.4 Å². The third-order valence-corrected chi connectivity index (χ3v) is 3.52. The molecule has 1 atom stereocenters. The van der Waals surface area contributed by atoms with Crippen molar-refractivity contribution in [3.63, 3.8) is 0 Å². The van der Waals surface area contributed by atoms with Crippen LogP contribution in [0.3, 0.4) is 0 Å². The van der Waals surface area contributed by atoms with Gasteiger partial charge in [0.15, 0.2) is 0 Å². The van der Waals surface area contributed by atoms with Gasteiger partial charge in [0.25, 0.3) is 0 Å². The molecule has 0 amide bonds. The second kappa shape index (κ2) is 5.98. The van der Waals surface area contributed by atoms with Crippen LogP contribution in [0.25, 0.3) is 0 Å². The second-order valence-electron chi connectivity index (χ2n) is 4.13. The highest BCUT2D eigenvalue weighted by Crippen LogP contribution is 2.27. The summed E-state index contributed by atoms with van der Waals surface area (Å²) in [6, 6.07) is 9.83. The highest BCUT2D eigenvalue weighted by Gasteiger charge is 2.08. The molecule has 2 N–H and O–H groups in total. The number of pyridine rings is 1. The molecule has 0 aliphatic rings. The molecule has 0 spiro atoms. The zero-order valence-electron chi connectivity index (χ0n) is 10.1. The van der Waals surface area contributed by atoms with Gasteiger partial charge in [0.05, 0.1) is 4.47 Å². The van der Waals surface area contributed by atoms with Crippen molar-refractivity contribution < 1.29 is 5.11 Å². The predicted molar refractivity (Wildman–Crippen MR) is 75.3 cm³/mol. The first-order valence-corrected chi connectivity index (χ1v) is 6.57. The van der Waals surface area contributed by atoms with E-state index in [1.807, 2.05) is 30.3 Å². The van der Waals surface area contributed by atoms with Gasteiger partial charge in [-0.2, -0.15) is 0 Å². The van der Waals surface area contributed by atoms with Gasteiger partial charge in [0, 0.05) is 30.5 Å². The topological polar surface area (TPSA) is 45.1 Å². The SMILES string of the molecule is CC(NCc1cccc(Br)c1O)c1ccncc1. The molecule has 0 fully saturated rings.